The quantitative estimate of drug-likeness (QED) is 0.0206. The van der Waals surface area contributed by atoms with E-state index >= 15 is 0 Å². The Bertz CT molecular complexity index is 1980. The number of carbonyl (C=O) groups excluding carboxylic acids is 6. The number of ketones is 2. The van der Waals surface area contributed by atoms with Crippen molar-refractivity contribution >= 4 is 35.4 Å². The molecule has 0 fully saturated rings. The average molecular weight is 869 g/mol. The number of hydrogen-bond acceptors (Lipinski definition) is 12. The summed E-state index contributed by atoms with van der Waals surface area (Å²) in [5.74, 6) is -4.02. The molecular weight excluding hydrogens is 805 g/mol. The lowest BCUT2D eigenvalue weighted by molar-refractivity contribution is -0.168. The molecular formula is C51H64O12. The lowest BCUT2D eigenvalue weighted by atomic mass is 9.91. The zero-order chi connectivity index (χ0) is 46.2. The molecule has 0 bridgehead atoms. The summed E-state index contributed by atoms with van der Waals surface area (Å²) in [7, 11) is 0. The number of carbonyl (C=O) groups is 6. The molecule has 0 saturated carbocycles. The average Bonchev–Trinajstić information content (AvgIpc) is 3.29. The predicted molar refractivity (Wildman–Crippen MR) is 240 cm³/mol. The minimum Gasteiger partial charge on any atom is -0.494 e. The molecule has 0 unspecified atom stereocenters. The molecule has 0 heterocycles. The number of Topliss-reactive ketones (excluding diaryl/α,β-unsaturated/α-hetero) is 2. The molecule has 340 valence electrons. The van der Waals surface area contributed by atoms with Crippen LogP contribution in [-0.4, -0.2) is 75.1 Å². The van der Waals surface area contributed by atoms with Gasteiger partial charge < -0.3 is 28.4 Å². The van der Waals surface area contributed by atoms with E-state index in [1.807, 2.05) is 36.4 Å². The molecule has 0 saturated heterocycles. The second-order valence-electron chi connectivity index (χ2n) is 15.8. The van der Waals surface area contributed by atoms with Gasteiger partial charge in [0.1, 0.15) is 43.3 Å². The highest BCUT2D eigenvalue weighted by Crippen LogP contribution is 2.31. The molecule has 0 aliphatic rings. The molecule has 0 amide bonds. The molecule has 0 spiro atoms. The Balaban J connectivity index is 1.82. The van der Waals surface area contributed by atoms with Gasteiger partial charge in [-0.1, -0.05) is 95.7 Å². The first-order valence-electron chi connectivity index (χ1n) is 21.8. The molecule has 3 rings (SSSR count). The summed E-state index contributed by atoms with van der Waals surface area (Å²) in [6.45, 7) is 14.1. The van der Waals surface area contributed by atoms with Gasteiger partial charge in [0.05, 0.1) is 13.2 Å². The maximum atomic E-state index is 12.6. The van der Waals surface area contributed by atoms with E-state index in [-0.39, 0.29) is 37.2 Å². The molecule has 0 aliphatic carbocycles. The van der Waals surface area contributed by atoms with Gasteiger partial charge in [-0.05, 0) is 104 Å². The third-order valence-electron chi connectivity index (χ3n) is 10.1. The van der Waals surface area contributed by atoms with Crippen LogP contribution in [0.25, 0.3) is 11.1 Å². The standard InChI is InChI=1S/C51H64O12/c1-8-11-12-13-16-38-19-21-39(22-20-38)17-14-29-58-43-26-23-40(24-27-43)41-25-28-46(42(31-41)18-15-30-59-47(54)36(4)5)60-32-51(33-61-48(55)37(6)7,34-62-49(56)44(52)9-2)35-63-50(57)45(53)10-3/h19-28,31H,4,6,8-18,29-30,32-35H2,1-3,5,7H3. The van der Waals surface area contributed by atoms with E-state index in [9.17, 15) is 28.8 Å². The molecule has 63 heavy (non-hydrogen) atoms. The van der Waals surface area contributed by atoms with Gasteiger partial charge in [-0.25, -0.2) is 19.2 Å². The first-order chi connectivity index (χ1) is 30.2. The van der Waals surface area contributed by atoms with Gasteiger partial charge in [0.2, 0.25) is 11.6 Å². The summed E-state index contributed by atoms with van der Waals surface area (Å²) in [6.07, 6.45) is 8.53. The molecule has 0 N–H and O–H groups in total. The fourth-order valence-electron chi connectivity index (χ4n) is 6.19. The van der Waals surface area contributed by atoms with Gasteiger partial charge in [-0.15, -0.1) is 0 Å². The van der Waals surface area contributed by atoms with Crippen molar-refractivity contribution in [1.29, 1.82) is 0 Å². The molecule has 3 aromatic carbocycles. The topological polar surface area (TPSA) is 158 Å². The van der Waals surface area contributed by atoms with Crippen LogP contribution in [0.5, 0.6) is 11.5 Å². The van der Waals surface area contributed by atoms with Crippen LogP contribution in [-0.2, 0) is 67.0 Å². The number of aryl methyl sites for hydroxylation is 3. The van der Waals surface area contributed by atoms with Crippen LogP contribution in [0.2, 0.25) is 0 Å². The first-order valence-corrected chi connectivity index (χ1v) is 21.8. The van der Waals surface area contributed by atoms with Crippen molar-refractivity contribution < 1.29 is 57.2 Å². The van der Waals surface area contributed by atoms with Gasteiger partial charge in [-0.2, -0.15) is 0 Å². The smallest absolute Gasteiger partial charge is 0.374 e. The third-order valence-corrected chi connectivity index (χ3v) is 10.1. The van der Waals surface area contributed by atoms with E-state index in [0.717, 1.165) is 36.1 Å². The van der Waals surface area contributed by atoms with Crippen LogP contribution in [0, 0.1) is 5.41 Å². The normalized spacial score (nSPS) is 10.9. The zero-order valence-electron chi connectivity index (χ0n) is 37.7. The van der Waals surface area contributed by atoms with Crippen molar-refractivity contribution in [3.8, 4) is 22.6 Å². The van der Waals surface area contributed by atoms with E-state index in [1.54, 1.807) is 13.0 Å². The van der Waals surface area contributed by atoms with Gasteiger partial charge in [0.15, 0.2) is 0 Å². The van der Waals surface area contributed by atoms with Crippen LogP contribution in [0.1, 0.15) is 103 Å². The monoisotopic (exact) mass is 868 g/mol. The van der Waals surface area contributed by atoms with Crippen molar-refractivity contribution in [2.45, 2.75) is 105 Å². The lowest BCUT2D eigenvalue weighted by Gasteiger charge is -2.32. The highest BCUT2D eigenvalue weighted by atomic mass is 16.6. The second kappa shape index (κ2) is 27.1. The minimum absolute atomic E-state index is 0.0793. The SMILES string of the molecule is C=C(C)C(=O)OCCCc1cc(-c2ccc(OCCCc3ccc(CCCCCC)cc3)cc2)ccc1OCC(COC(=O)C(=C)C)(COC(=O)C(=O)CC)COC(=O)C(=O)CC. The van der Waals surface area contributed by atoms with E-state index < -0.39 is 60.7 Å². The highest BCUT2D eigenvalue weighted by molar-refractivity contribution is 6.33. The van der Waals surface area contributed by atoms with E-state index in [4.69, 9.17) is 28.4 Å². The van der Waals surface area contributed by atoms with E-state index in [2.05, 4.69) is 44.3 Å². The number of esters is 4. The number of benzene rings is 3. The van der Waals surface area contributed by atoms with Crippen LogP contribution >= 0.6 is 0 Å². The fraction of sp³-hybridized carbons (Fsp3) is 0.451. The summed E-state index contributed by atoms with van der Waals surface area (Å²) in [5.41, 5.74) is 3.94. The van der Waals surface area contributed by atoms with E-state index in [0.29, 0.717) is 30.8 Å². The molecule has 0 atom stereocenters. The Morgan fingerprint density at radius 1 is 0.508 bits per heavy atom. The third kappa shape index (κ3) is 18.1. The zero-order valence-corrected chi connectivity index (χ0v) is 37.7. The van der Waals surface area contributed by atoms with Gasteiger partial charge in [0, 0.05) is 24.0 Å². The van der Waals surface area contributed by atoms with Crippen molar-refractivity contribution in [2.75, 3.05) is 39.6 Å². The van der Waals surface area contributed by atoms with Crippen LogP contribution in [0.3, 0.4) is 0 Å². The first kappa shape index (κ1) is 51.3. The van der Waals surface area contributed by atoms with Gasteiger partial charge in [-0.3, -0.25) is 9.59 Å². The Labute approximate surface area is 372 Å². The largest absolute Gasteiger partial charge is 0.494 e. The minimum atomic E-state index is -1.57. The maximum Gasteiger partial charge on any atom is 0.374 e. The highest BCUT2D eigenvalue weighted by Gasteiger charge is 2.39. The molecule has 0 aliphatic heterocycles. The Kier molecular flexibility index (Phi) is 22.1. The van der Waals surface area contributed by atoms with Crippen LogP contribution in [0.15, 0.2) is 91.0 Å². The fourth-order valence-corrected chi connectivity index (χ4v) is 6.19. The number of rotatable bonds is 30. The summed E-state index contributed by atoms with van der Waals surface area (Å²) in [6, 6.07) is 22.2. The number of hydrogen-bond donors (Lipinski definition) is 0. The molecule has 12 heteroatoms. The molecule has 0 aromatic heterocycles. The molecule has 0 radical (unpaired) electrons. The van der Waals surface area contributed by atoms with Crippen molar-refractivity contribution in [2.24, 2.45) is 5.41 Å². The maximum absolute atomic E-state index is 12.6. The Morgan fingerprint density at radius 3 is 1.56 bits per heavy atom. The van der Waals surface area contributed by atoms with Crippen molar-refractivity contribution in [3.63, 3.8) is 0 Å². The molecule has 12 nitrogen and oxygen atoms in total. The Morgan fingerprint density at radius 2 is 1.02 bits per heavy atom. The predicted octanol–water partition coefficient (Wildman–Crippen LogP) is 9.07. The summed E-state index contributed by atoms with van der Waals surface area (Å²) >= 11 is 0. The second-order valence-corrected chi connectivity index (χ2v) is 15.8. The van der Waals surface area contributed by atoms with Crippen molar-refractivity contribution in [3.05, 3.63) is 108 Å². The van der Waals surface area contributed by atoms with Crippen LogP contribution in [0.4, 0.5) is 0 Å². The summed E-state index contributed by atoms with van der Waals surface area (Å²) in [4.78, 5) is 74.0. The molecule has 3 aromatic rings. The summed E-state index contributed by atoms with van der Waals surface area (Å²) in [5, 5.41) is 0. The number of ether oxygens (including phenoxy) is 6. The van der Waals surface area contributed by atoms with E-state index in [1.165, 1.54) is 57.6 Å². The number of unbranched alkanes of at least 4 members (excludes halogenated alkanes) is 3. The van der Waals surface area contributed by atoms with Crippen LogP contribution < -0.4 is 9.47 Å². The lowest BCUT2D eigenvalue weighted by Crippen LogP contribution is -2.45. The Hall–Kier alpha value is -6.04. The summed E-state index contributed by atoms with van der Waals surface area (Å²) < 4.78 is 33.9. The van der Waals surface area contributed by atoms with Gasteiger partial charge >= 0.3 is 23.9 Å². The van der Waals surface area contributed by atoms with Crippen molar-refractivity contribution in [1.82, 2.24) is 0 Å². The van der Waals surface area contributed by atoms with Gasteiger partial charge in [0.25, 0.3) is 0 Å².